The Morgan fingerprint density at radius 1 is 1.69 bits per heavy atom. The molecule has 1 fully saturated rings. The molecule has 0 aromatic carbocycles. The highest BCUT2D eigenvalue weighted by atomic mass is 32.2. The van der Waals surface area contributed by atoms with Crippen molar-refractivity contribution in [2.45, 2.75) is 25.8 Å². The smallest absolute Gasteiger partial charge is 0.240 e. The Hall–Kier alpha value is -0.220. The quantitative estimate of drug-likeness (QED) is 0.719. The van der Waals surface area contributed by atoms with E-state index in [4.69, 9.17) is 0 Å². The lowest BCUT2D eigenvalue weighted by atomic mass is 10.2. The van der Waals surface area contributed by atoms with E-state index in [9.17, 15) is 4.79 Å². The Morgan fingerprint density at radius 3 is 3.08 bits per heavy atom. The van der Waals surface area contributed by atoms with Crippen molar-refractivity contribution in [3.63, 3.8) is 0 Å². The summed E-state index contributed by atoms with van der Waals surface area (Å²) in [4.78, 5) is 13.6. The van der Waals surface area contributed by atoms with E-state index in [1.807, 2.05) is 4.90 Å². The van der Waals surface area contributed by atoms with Crippen LogP contribution in [0.4, 0.5) is 0 Å². The average molecular weight is 202 g/mol. The van der Waals surface area contributed by atoms with E-state index >= 15 is 0 Å². The molecular weight excluding hydrogens is 184 g/mol. The fraction of sp³-hybridized carbons (Fsp3) is 0.889. The second-order valence-electron chi connectivity index (χ2n) is 3.30. The number of nitrogens with one attached hydrogen (secondary N) is 1. The van der Waals surface area contributed by atoms with Crippen molar-refractivity contribution < 1.29 is 4.79 Å². The molecule has 1 heterocycles. The number of rotatable bonds is 5. The van der Waals surface area contributed by atoms with Gasteiger partial charge in [0.05, 0.1) is 12.7 Å². The molecule has 1 aliphatic rings. The van der Waals surface area contributed by atoms with Gasteiger partial charge in [-0.15, -0.1) is 0 Å². The minimum absolute atomic E-state index is 0.0897. The zero-order chi connectivity index (χ0) is 9.68. The van der Waals surface area contributed by atoms with Crippen LogP contribution in [-0.4, -0.2) is 42.1 Å². The van der Waals surface area contributed by atoms with Crippen LogP contribution in [0.2, 0.25) is 0 Å². The molecule has 1 N–H and O–H groups in total. The highest BCUT2D eigenvalue weighted by Crippen LogP contribution is 2.09. The SMILES string of the molecule is CCCC1NCN(CCSC)C1=O. The van der Waals surface area contributed by atoms with Crippen LogP contribution in [-0.2, 0) is 4.79 Å². The molecule has 0 saturated carbocycles. The standard InChI is InChI=1S/C9H18N2OS/c1-3-4-8-9(12)11(7-10-8)5-6-13-2/h8,10H,3-7H2,1-2H3. The van der Waals surface area contributed by atoms with Crippen LogP contribution >= 0.6 is 11.8 Å². The van der Waals surface area contributed by atoms with Crippen LogP contribution in [0.25, 0.3) is 0 Å². The molecule has 1 amide bonds. The summed E-state index contributed by atoms with van der Waals surface area (Å²) in [6.45, 7) is 3.73. The van der Waals surface area contributed by atoms with Crippen molar-refractivity contribution in [2.75, 3.05) is 25.2 Å². The predicted octanol–water partition coefficient (Wildman–Crippen LogP) is 0.907. The molecule has 1 unspecified atom stereocenters. The molecule has 3 nitrogen and oxygen atoms in total. The van der Waals surface area contributed by atoms with E-state index in [0.717, 1.165) is 31.8 Å². The molecule has 13 heavy (non-hydrogen) atoms. The number of hydrogen-bond acceptors (Lipinski definition) is 3. The maximum Gasteiger partial charge on any atom is 0.240 e. The van der Waals surface area contributed by atoms with Crippen LogP contribution in [0.15, 0.2) is 0 Å². The van der Waals surface area contributed by atoms with Crippen LogP contribution in [0.5, 0.6) is 0 Å². The monoisotopic (exact) mass is 202 g/mol. The Balaban J connectivity index is 2.32. The maximum absolute atomic E-state index is 11.7. The Bertz CT molecular complexity index is 175. The van der Waals surface area contributed by atoms with Crippen molar-refractivity contribution in [3.05, 3.63) is 0 Å². The second kappa shape index (κ2) is 5.50. The first-order chi connectivity index (χ1) is 6.29. The van der Waals surface area contributed by atoms with Gasteiger partial charge in [0, 0.05) is 12.3 Å². The summed E-state index contributed by atoms with van der Waals surface area (Å²) in [5.74, 6) is 1.32. The minimum atomic E-state index is 0.0897. The van der Waals surface area contributed by atoms with Gasteiger partial charge in [0.1, 0.15) is 0 Å². The van der Waals surface area contributed by atoms with Crippen molar-refractivity contribution in [1.82, 2.24) is 10.2 Å². The van der Waals surface area contributed by atoms with Gasteiger partial charge < -0.3 is 4.90 Å². The Morgan fingerprint density at radius 2 is 2.46 bits per heavy atom. The van der Waals surface area contributed by atoms with Crippen molar-refractivity contribution in [3.8, 4) is 0 Å². The van der Waals surface area contributed by atoms with E-state index in [0.29, 0.717) is 0 Å². The summed E-state index contributed by atoms with van der Waals surface area (Å²) < 4.78 is 0. The second-order valence-corrected chi connectivity index (χ2v) is 4.28. The third-order valence-electron chi connectivity index (χ3n) is 2.28. The molecule has 0 aliphatic carbocycles. The van der Waals surface area contributed by atoms with Gasteiger partial charge in [-0.05, 0) is 12.7 Å². The summed E-state index contributed by atoms with van der Waals surface area (Å²) in [7, 11) is 0. The molecule has 1 aliphatic heterocycles. The first-order valence-electron chi connectivity index (χ1n) is 4.80. The fourth-order valence-corrected chi connectivity index (χ4v) is 1.91. The van der Waals surface area contributed by atoms with Crippen LogP contribution < -0.4 is 5.32 Å². The average Bonchev–Trinajstić information content (AvgIpc) is 2.46. The first-order valence-corrected chi connectivity index (χ1v) is 6.20. The first kappa shape index (κ1) is 10.9. The van der Waals surface area contributed by atoms with Crippen molar-refractivity contribution >= 4 is 17.7 Å². The summed E-state index contributed by atoms with van der Waals surface area (Å²) in [5, 5.41) is 3.23. The lowest BCUT2D eigenvalue weighted by molar-refractivity contribution is -0.128. The normalized spacial score (nSPS) is 22.8. The zero-order valence-corrected chi connectivity index (χ0v) is 9.19. The molecular formula is C9H18N2OS. The van der Waals surface area contributed by atoms with Gasteiger partial charge in [-0.1, -0.05) is 13.3 Å². The van der Waals surface area contributed by atoms with Crippen molar-refractivity contribution in [1.29, 1.82) is 0 Å². The van der Waals surface area contributed by atoms with Crippen LogP contribution in [0.3, 0.4) is 0 Å². The third kappa shape index (κ3) is 2.88. The third-order valence-corrected chi connectivity index (χ3v) is 2.87. The minimum Gasteiger partial charge on any atom is -0.328 e. The highest BCUT2D eigenvalue weighted by molar-refractivity contribution is 7.98. The van der Waals surface area contributed by atoms with Crippen LogP contribution in [0.1, 0.15) is 19.8 Å². The number of nitrogens with zero attached hydrogens (tertiary/aromatic N) is 1. The molecule has 0 spiro atoms. The summed E-state index contributed by atoms with van der Waals surface area (Å²) in [6.07, 6.45) is 4.10. The molecule has 1 rings (SSSR count). The Kier molecular flexibility index (Phi) is 4.59. The van der Waals surface area contributed by atoms with E-state index in [2.05, 4.69) is 18.5 Å². The molecule has 0 radical (unpaired) electrons. The van der Waals surface area contributed by atoms with Gasteiger partial charge in [-0.2, -0.15) is 11.8 Å². The van der Waals surface area contributed by atoms with Gasteiger partial charge in [-0.3, -0.25) is 10.1 Å². The number of carbonyl (C=O) groups is 1. The molecule has 76 valence electrons. The van der Waals surface area contributed by atoms with E-state index < -0.39 is 0 Å². The fourth-order valence-electron chi connectivity index (χ4n) is 1.51. The van der Waals surface area contributed by atoms with E-state index in [1.165, 1.54) is 0 Å². The number of carbonyl (C=O) groups excluding carboxylic acids is 1. The Labute approximate surface area is 84.2 Å². The molecule has 0 aromatic heterocycles. The predicted molar refractivity (Wildman–Crippen MR) is 56.8 cm³/mol. The van der Waals surface area contributed by atoms with Crippen molar-refractivity contribution in [2.24, 2.45) is 0 Å². The molecule has 0 bridgehead atoms. The largest absolute Gasteiger partial charge is 0.328 e. The summed E-state index contributed by atoms with van der Waals surface area (Å²) in [6, 6.07) is 0.0897. The zero-order valence-electron chi connectivity index (χ0n) is 8.38. The topological polar surface area (TPSA) is 32.3 Å². The van der Waals surface area contributed by atoms with Gasteiger partial charge in [0.2, 0.25) is 5.91 Å². The molecule has 0 aromatic rings. The molecule has 1 saturated heterocycles. The van der Waals surface area contributed by atoms with Crippen LogP contribution in [0, 0.1) is 0 Å². The maximum atomic E-state index is 11.7. The molecule has 4 heteroatoms. The summed E-state index contributed by atoms with van der Waals surface area (Å²) >= 11 is 1.78. The number of thioether (sulfide) groups is 1. The molecule has 1 atom stereocenters. The van der Waals surface area contributed by atoms with Gasteiger partial charge in [0.25, 0.3) is 0 Å². The van der Waals surface area contributed by atoms with Gasteiger partial charge in [-0.25, -0.2) is 0 Å². The van der Waals surface area contributed by atoms with Gasteiger partial charge in [0.15, 0.2) is 0 Å². The highest BCUT2D eigenvalue weighted by Gasteiger charge is 2.29. The van der Waals surface area contributed by atoms with Gasteiger partial charge >= 0.3 is 0 Å². The summed E-state index contributed by atoms with van der Waals surface area (Å²) in [5.41, 5.74) is 0. The lowest BCUT2D eigenvalue weighted by Crippen LogP contribution is -2.31. The number of hydrogen-bond donors (Lipinski definition) is 1. The van der Waals surface area contributed by atoms with E-state index in [1.54, 1.807) is 11.8 Å². The number of amides is 1. The lowest BCUT2D eigenvalue weighted by Gasteiger charge is -2.13. The van der Waals surface area contributed by atoms with E-state index in [-0.39, 0.29) is 11.9 Å².